The fourth-order valence-corrected chi connectivity index (χ4v) is 3.87. The number of anilines is 1. The first-order chi connectivity index (χ1) is 8.47. The molecule has 8 heteroatoms. The van der Waals surface area contributed by atoms with E-state index in [1.54, 1.807) is 6.20 Å². The predicted octanol–water partition coefficient (Wildman–Crippen LogP) is 2.81. The molecule has 2 rings (SSSR count). The second kappa shape index (κ2) is 5.33. The molecule has 0 unspecified atom stereocenters. The molecule has 0 aliphatic carbocycles. The lowest BCUT2D eigenvalue weighted by atomic mass is 10.2. The summed E-state index contributed by atoms with van der Waals surface area (Å²) in [7, 11) is 0. The van der Waals surface area contributed by atoms with Crippen LogP contribution in [0.25, 0.3) is 0 Å². The quantitative estimate of drug-likeness (QED) is 0.879. The van der Waals surface area contributed by atoms with Crippen LogP contribution in [0, 0.1) is 6.92 Å². The normalized spacial score (nSPS) is 11.5. The molecule has 2 aromatic heterocycles. The number of aromatic nitrogens is 3. The predicted molar refractivity (Wildman–Crippen MR) is 75.3 cm³/mol. The number of amides is 1. The lowest BCUT2D eigenvalue weighted by Crippen LogP contribution is -2.33. The van der Waals surface area contributed by atoms with Crippen LogP contribution in [0.15, 0.2) is 15.9 Å². The highest BCUT2D eigenvalue weighted by Gasteiger charge is 2.31. The molecule has 0 spiro atoms. The maximum atomic E-state index is 12.1. The van der Waals surface area contributed by atoms with Gasteiger partial charge in [0.1, 0.15) is 5.01 Å². The minimum absolute atomic E-state index is 0.0877. The van der Waals surface area contributed by atoms with Gasteiger partial charge < -0.3 is 5.32 Å². The number of carbonyl (C=O) groups excluding carboxylic acids is 1. The summed E-state index contributed by atoms with van der Waals surface area (Å²) in [5, 5.41) is 14.1. The standard InChI is InChI=1S/C10H12N4OS3/c1-6-13-14-9(17-6)18-10(2,3)7(15)12-8-11-4-5-16-8/h4-5H,1-3H3,(H,11,12,15). The zero-order valence-electron chi connectivity index (χ0n) is 10.1. The van der Waals surface area contributed by atoms with Crippen molar-refractivity contribution in [2.24, 2.45) is 0 Å². The molecule has 2 heterocycles. The Labute approximate surface area is 117 Å². The summed E-state index contributed by atoms with van der Waals surface area (Å²) < 4.78 is 0.185. The van der Waals surface area contributed by atoms with Crippen molar-refractivity contribution in [1.29, 1.82) is 0 Å². The van der Waals surface area contributed by atoms with Crippen LogP contribution < -0.4 is 5.32 Å². The number of carbonyl (C=O) groups is 1. The van der Waals surface area contributed by atoms with E-state index < -0.39 is 4.75 Å². The summed E-state index contributed by atoms with van der Waals surface area (Å²) in [6.45, 7) is 5.61. The highest BCUT2D eigenvalue weighted by atomic mass is 32.2. The van der Waals surface area contributed by atoms with Crippen molar-refractivity contribution in [1.82, 2.24) is 15.2 Å². The molecule has 18 heavy (non-hydrogen) atoms. The highest BCUT2D eigenvalue weighted by Crippen LogP contribution is 2.35. The van der Waals surface area contributed by atoms with Gasteiger partial charge in [-0.1, -0.05) is 23.1 Å². The van der Waals surface area contributed by atoms with E-state index in [9.17, 15) is 4.79 Å². The van der Waals surface area contributed by atoms with Gasteiger partial charge in [-0.05, 0) is 20.8 Å². The number of nitrogens with zero attached hydrogens (tertiary/aromatic N) is 3. The Morgan fingerprint density at radius 2 is 2.22 bits per heavy atom. The van der Waals surface area contributed by atoms with Crippen LogP contribution in [0.4, 0.5) is 5.13 Å². The van der Waals surface area contributed by atoms with Gasteiger partial charge in [0.2, 0.25) is 5.91 Å². The second-order valence-electron chi connectivity index (χ2n) is 3.99. The molecule has 0 aliphatic heterocycles. The van der Waals surface area contributed by atoms with E-state index in [1.165, 1.54) is 34.4 Å². The smallest absolute Gasteiger partial charge is 0.242 e. The van der Waals surface area contributed by atoms with E-state index >= 15 is 0 Å². The summed E-state index contributed by atoms with van der Waals surface area (Å²) in [5.74, 6) is -0.0877. The van der Waals surface area contributed by atoms with Crippen LogP contribution in [-0.2, 0) is 4.79 Å². The fourth-order valence-electron chi connectivity index (χ4n) is 1.12. The van der Waals surface area contributed by atoms with Crippen LogP contribution in [0.5, 0.6) is 0 Å². The molecule has 0 aromatic carbocycles. The van der Waals surface area contributed by atoms with Gasteiger partial charge in [0, 0.05) is 11.6 Å². The molecule has 0 radical (unpaired) electrons. The Bertz CT molecular complexity index is 535. The van der Waals surface area contributed by atoms with Gasteiger partial charge in [0.25, 0.3) is 0 Å². The SMILES string of the molecule is Cc1nnc(SC(C)(C)C(=O)Nc2nccs2)s1. The van der Waals surface area contributed by atoms with Crippen molar-refractivity contribution in [2.75, 3.05) is 5.32 Å². The van der Waals surface area contributed by atoms with E-state index in [-0.39, 0.29) is 5.91 Å². The average Bonchev–Trinajstić information content (AvgIpc) is 2.90. The molecule has 0 saturated carbocycles. The first-order valence-corrected chi connectivity index (χ1v) is 7.69. The van der Waals surface area contributed by atoms with E-state index in [0.717, 1.165) is 9.35 Å². The number of nitrogens with one attached hydrogen (secondary N) is 1. The van der Waals surface area contributed by atoms with Crippen molar-refractivity contribution in [3.63, 3.8) is 0 Å². The zero-order chi connectivity index (χ0) is 13.2. The molecule has 0 bridgehead atoms. The van der Waals surface area contributed by atoms with Gasteiger partial charge in [-0.2, -0.15) is 0 Å². The summed E-state index contributed by atoms with van der Waals surface area (Å²) in [4.78, 5) is 16.2. The Hall–Kier alpha value is -0.990. The van der Waals surface area contributed by atoms with Crippen LogP contribution in [0.2, 0.25) is 0 Å². The monoisotopic (exact) mass is 300 g/mol. The van der Waals surface area contributed by atoms with Gasteiger partial charge >= 0.3 is 0 Å². The molecule has 0 aliphatic rings. The van der Waals surface area contributed by atoms with E-state index in [4.69, 9.17) is 0 Å². The number of rotatable bonds is 4. The number of hydrogen-bond donors (Lipinski definition) is 1. The molecular weight excluding hydrogens is 288 g/mol. The number of thiazole rings is 1. The molecule has 2 aromatic rings. The lowest BCUT2D eigenvalue weighted by Gasteiger charge is -2.20. The van der Waals surface area contributed by atoms with Crippen molar-refractivity contribution >= 4 is 45.5 Å². The molecule has 96 valence electrons. The number of hydrogen-bond acceptors (Lipinski definition) is 7. The minimum atomic E-state index is -0.613. The van der Waals surface area contributed by atoms with Crippen molar-refractivity contribution < 1.29 is 4.79 Å². The van der Waals surface area contributed by atoms with Gasteiger partial charge in [0.15, 0.2) is 9.47 Å². The molecular formula is C10H12N4OS3. The van der Waals surface area contributed by atoms with Crippen molar-refractivity contribution in [3.05, 3.63) is 16.6 Å². The highest BCUT2D eigenvalue weighted by molar-refractivity contribution is 8.03. The molecule has 1 N–H and O–H groups in total. The van der Waals surface area contributed by atoms with Crippen LogP contribution in [0.1, 0.15) is 18.9 Å². The van der Waals surface area contributed by atoms with Crippen LogP contribution in [0.3, 0.4) is 0 Å². The minimum Gasteiger partial charge on any atom is -0.301 e. The number of thioether (sulfide) groups is 1. The summed E-state index contributed by atoms with van der Waals surface area (Å²) in [5.41, 5.74) is 0. The van der Waals surface area contributed by atoms with Gasteiger partial charge in [-0.3, -0.25) is 4.79 Å². The van der Waals surface area contributed by atoms with Crippen molar-refractivity contribution in [2.45, 2.75) is 29.9 Å². The van der Waals surface area contributed by atoms with E-state index in [2.05, 4.69) is 20.5 Å². The van der Waals surface area contributed by atoms with E-state index in [0.29, 0.717) is 5.13 Å². The first kappa shape index (κ1) is 13.4. The van der Waals surface area contributed by atoms with Crippen LogP contribution in [-0.4, -0.2) is 25.8 Å². The fraction of sp³-hybridized carbons (Fsp3) is 0.400. The zero-order valence-corrected chi connectivity index (χ0v) is 12.6. The summed E-state index contributed by atoms with van der Waals surface area (Å²) >= 11 is 4.29. The van der Waals surface area contributed by atoms with E-state index in [1.807, 2.05) is 26.2 Å². The topological polar surface area (TPSA) is 67.8 Å². The second-order valence-corrected chi connectivity index (χ2v) is 7.94. The Balaban J connectivity index is 2.03. The Morgan fingerprint density at radius 3 is 2.78 bits per heavy atom. The molecule has 0 saturated heterocycles. The Morgan fingerprint density at radius 1 is 1.44 bits per heavy atom. The summed E-state index contributed by atoms with van der Waals surface area (Å²) in [6, 6.07) is 0. The maximum Gasteiger partial charge on any atom is 0.242 e. The largest absolute Gasteiger partial charge is 0.301 e. The third-order valence-corrected chi connectivity index (χ3v) is 4.82. The van der Waals surface area contributed by atoms with Crippen LogP contribution >= 0.6 is 34.4 Å². The van der Waals surface area contributed by atoms with Gasteiger partial charge in [0.05, 0.1) is 4.75 Å². The molecule has 5 nitrogen and oxygen atoms in total. The number of aryl methyl sites for hydroxylation is 1. The molecule has 0 atom stereocenters. The molecule has 0 fully saturated rings. The maximum absolute atomic E-state index is 12.1. The average molecular weight is 300 g/mol. The van der Waals surface area contributed by atoms with Gasteiger partial charge in [-0.15, -0.1) is 21.5 Å². The third kappa shape index (κ3) is 3.27. The third-order valence-electron chi connectivity index (χ3n) is 2.05. The molecule has 1 amide bonds. The lowest BCUT2D eigenvalue weighted by molar-refractivity contribution is -0.117. The first-order valence-electron chi connectivity index (χ1n) is 5.17. The van der Waals surface area contributed by atoms with Crippen molar-refractivity contribution in [3.8, 4) is 0 Å². The summed E-state index contributed by atoms with van der Waals surface area (Å²) in [6.07, 6.45) is 1.66. The Kier molecular flexibility index (Phi) is 3.98. The van der Waals surface area contributed by atoms with Gasteiger partial charge in [-0.25, -0.2) is 4.98 Å².